The van der Waals surface area contributed by atoms with Crippen molar-refractivity contribution >= 4 is 5.91 Å². The molecule has 0 aliphatic carbocycles. The second kappa shape index (κ2) is 7.36. The Labute approximate surface area is 125 Å². The van der Waals surface area contributed by atoms with Gasteiger partial charge in [-0.1, -0.05) is 0 Å². The molecule has 0 bridgehead atoms. The van der Waals surface area contributed by atoms with Crippen LogP contribution in [-0.4, -0.2) is 53.2 Å². The predicted octanol–water partition coefficient (Wildman–Crippen LogP) is 1.50. The highest BCUT2D eigenvalue weighted by Gasteiger charge is 2.25. The molecule has 2 heterocycles. The Bertz CT molecular complexity index is 473. The molecule has 21 heavy (non-hydrogen) atoms. The number of likely N-dealkylation sites (tertiary alicyclic amines) is 1. The number of aromatic nitrogens is 2. The van der Waals surface area contributed by atoms with Gasteiger partial charge < -0.3 is 14.4 Å². The summed E-state index contributed by atoms with van der Waals surface area (Å²) in [6.07, 6.45) is 1.78. The summed E-state index contributed by atoms with van der Waals surface area (Å²) in [6.45, 7) is 7.74. The Morgan fingerprint density at radius 2 is 2.10 bits per heavy atom. The smallest absolute Gasteiger partial charge is 0.317 e. The molecule has 2 rings (SSSR count). The maximum absolute atomic E-state index is 12.0. The van der Waals surface area contributed by atoms with Gasteiger partial charge in [-0.15, -0.1) is 0 Å². The molecule has 1 saturated heterocycles. The Hall–Kier alpha value is -1.69. The van der Waals surface area contributed by atoms with Crippen LogP contribution in [-0.2, 0) is 9.53 Å². The minimum Gasteiger partial charge on any atom is -0.458 e. The number of nitrogens with zero attached hydrogens (tertiary/aromatic N) is 3. The zero-order valence-electron chi connectivity index (χ0n) is 13.0. The number of aryl methyl sites for hydroxylation is 2. The van der Waals surface area contributed by atoms with Crippen molar-refractivity contribution in [2.24, 2.45) is 0 Å². The SMILES string of the molecule is CCOCC(=O)N1CCC[C@@H](Oc2nc(C)cc(C)n2)C1. The van der Waals surface area contributed by atoms with Crippen molar-refractivity contribution in [3.63, 3.8) is 0 Å². The maximum atomic E-state index is 12.0. The lowest BCUT2D eigenvalue weighted by Gasteiger charge is -2.32. The normalized spacial score (nSPS) is 18.6. The van der Waals surface area contributed by atoms with Gasteiger partial charge in [-0.05, 0) is 39.7 Å². The van der Waals surface area contributed by atoms with Crippen LogP contribution in [0.2, 0.25) is 0 Å². The van der Waals surface area contributed by atoms with Gasteiger partial charge in [-0.25, -0.2) is 9.97 Å². The number of hydrogen-bond donors (Lipinski definition) is 0. The van der Waals surface area contributed by atoms with E-state index in [4.69, 9.17) is 9.47 Å². The minimum atomic E-state index is -0.0504. The number of carbonyl (C=O) groups excluding carboxylic acids is 1. The zero-order chi connectivity index (χ0) is 15.2. The Morgan fingerprint density at radius 3 is 2.76 bits per heavy atom. The summed E-state index contributed by atoms with van der Waals surface area (Å²) in [5.74, 6) is 0.0199. The van der Waals surface area contributed by atoms with E-state index in [1.807, 2.05) is 26.8 Å². The Kier molecular flexibility index (Phi) is 5.50. The second-order valence-electron chi connectivity index (χ2n) is 5.29. The molecule has 1 aliphatic rings. The highest BCUT2D eigenvalue weighted by atomic mass is 16.5. The van der Waals surface area contributed by atoms with Gasteiger partial charge in [-0.3, -0.25) is 4.79 Å². The van der Waals surface area contributed by atoms with E-state index in [1.165, 1.54) is 0 Å². The van der Waals surface area contributed by atoms with Gasteiger partial charge in [0.2, 0.25) is 5.91 Å². The van der Waals surface area contributed by atoms with Gasteiger partial charge >= 0.3 is 6.01 Å². The number of hydrogen-bond acceptors (Lipinski definition) is 5. The van der Waals surface area contributed by atoms with E-state index in [1.54, 1.807) is 4.90 Å². The molecule has 1 aromatic rings. The maximum Gasteiger partial charge on any atom is 0.317 e. The first-order valence-electron chi connectivity index (χ1n) is 7.43. The van der Waals surface area contributed by atoms with Crippen LogP contribution in [0.25, 0.3) is 0 Å². The molecule has 1 amide bonds. The number of piperidine rings is 1. The first kappa shape index (κ1) is 15.7. The fraction of sp³-hybridized carbons (Fsp3) is 0.667. The molecule has 1 atom stereocenters. The van der Waals surface area contributed by atoms with Gasteiger partial charge in [0.25, 0.3) is 0 Å². The van der Waals surface area contributed by atoms with Crippen molar-refractivity contribution in [3.8, 4) is 6.01 Å². The molecule has 116 valence electrons. The largest absolute Gasteiger partial charge is 0.458 e. The number of ether oxygens (including phenoxy) is 2. The molecule has 0 radical (unpaired) electrons. The van der Waals surface area contributed by atoms with Gasteiger partial charge in [0.05, 0.1) is 6.54 Å². The Morgan fingerprint density at radius 1 is 1.38 bits per heavy atom. The molecule has 6 heteroatoms. The van der Waals surface area contributed by atoms with Crippen LogP contribution in [0.1, 0.15) is 31.2 Å². The molecule has 1 fully saturated rings. The number of amides is 1. The lowest BCUT2D eigenvalue weighted by molar-refractivity contribution is -0.138. The fourth-order valence-corrected chi connectivity index (χ4v) is 2.44. The van der Waals surface area contributed by atoms with Crippen molar-refractivity contribution in [1.82, 2.24) is 14.9 Å². The van der Waals surface area contributed by atoms with Crippen LogP contribution in [0.3, 0.4) is 0 Å². The van der Waals surface area contributed by atoms with E-state index >= 15 is 0 Å². The highest BCUT2D eigenvalue weighted by Crippen LogP contribution is 2.16. The molecule has 0 aromatic carbocycles. The summed E-state index contributed by atoms with van der Waals surface area (Å²) in [4.78, 5) is 22.3. The van der Waals surface area contributed by atoms with Gasteiger partial charge in [0, 0.05) is 24.5 Å². The van der Waals surface area contributed by atoms with Gasteiger partial charge in [0.15, 0.2) is 0 Å². The third-order valence-electron chi connectivity index (χ3n) is 3.39. The average Bonchev–Trinajstić information content (AvgIpc) is 2.44. The molecule has 0 N–H and O–H groups in total. The van der Waals surface area contributed by atoms with Crippen LogP contribution in [0.15, 0.2) is 6.07 Å². The summed E-state index contributed by atoms with van der Waals surface area (Å²) < 4.78 is 11.0. The van der Waals surface area contributed by atoms with Crippen molar-refractivity contribution < 1.29 is 14.3 Å². The third kappa shape index (κ3) is 4.67. The standard InChI is InChI=1S/C15H23N3O3/c1-4-20-10-14(19)18-7-5-6-13(9-18)21-15-16-11(2)8-12(3)17-15/h8,13H,4-7,9-10H2,1-3H3/t13-/m1/s1. The molecular formula is C15H23N3O3. The van der Waals surface area contributed by atoms with E-state index in [0.717, 1.165) is 30.8 Å². The van der Waals surface area contributed by atoms with Crippen molar-refractivity contribution in [2.45, 2.75) is 39.7 Å². The first-order chi connectivity index (χ1) is 10.1. The summed E-state index contributed by atoms with van der Waals surface area (Å²) in [5, 5.41) is 0. The average molecular weight is 293 g/mol. The van der Waals surface area contributed by atoms with Crippen LogP contribution >= 0.6 is 0 Å². The number of carbonyl (C=O) groups is 1. The summed E-state index contributed by atoms with van der Waals surface area (Å²) in [5.41, 5.74) is 1.77. The molecule has 6 nitrogen and oxygen atoms in total. The topological polar surface area (TPSA) is 64.5 Å². The van der Waals surface area contributed by atoms with E-state index in [9.17, 15) is 4.79 Å². The fourth-order valence-electron chi connectivity index (χ4n) is 2.44. The molecule has 0 spiro atoms. The molecular weight excluding hydrogens is 270 g/mol. The summed E-state index contributed by atoms with van der Waals surface area (Å²) in [7, 11) is 0. The van der Waals surface area contributed by atoms with Crippen molar-refractivity contribution in [1.29, 1.82) is 0 Å². The van der Waals surface area contributed by atoms with Crippen molar-refractivity contribution in [2.75, 3.05) is 26.3 Å². The summed E-state index contributed by atoms with van der Waals surface area (Å²) in [6, 6.07) is 2.31. The van der Waals surface area contributed by atoms with Gasteiger partial charge in [-0.2, -0.15) is 0 Å². The lowest BCUT2D eigenvalue weighted by atomic mass is 10.1. The van der Waals surface area contributed by atoms with E-state index in [0.29, 0.717) is 19.2 Å². The molecule has 0 unspecified atom stereocenters. The zero-order valence-corrected chi connectivity index (χ0v) is 13.0. The van der Waals surface area contributed by atoms with Crippen LogP contribution in [0.5, 0.6) is 6.01 Å². The van der Waals surface area contributed by atoms with Crippen LogP contribution < -0.4 is 4.74 Å². The summed E-state index contributed by atoms with van der Waals surface area (Å²) >= 11 is 0. The molecule has 1 aliphatic heterocycles. The minimum absolute atomic E-state index is 0.0199. The third-order valence-corrected chi connectivity index (χ3v) is 3.39. The van der Waals surface area contributed by atoms with E-state index in [-0.39, 0.29) is 18.6 Å². The van der Waals surface area contributed by atoms with Crippen molar-refractivity contribution in [3.05, 3.63) is 17.5 Å². The lowest BCUT2D eigenvalue weighted by Crippen LogP contribution is -2.45. The highest BCUT2D eigenvalue weighted by molar-refractivity contribution is 5.77. The Balaban J connectivity index is 1.93. The predicted molar refractivity (Wildman–Crippen MR) is 78.2 cm³/mol. The quantitative estimate of drug-likeness (QED) is 0.823. The molecule has 0 saturated carbocycles. The second-order valence-corrected chi connectivity index (χ2v) is 5.29. The van der Waals surface area contributed by atoms with Crippen LogP contribution in [0, 0.1) is 13.8 Å². The van der Waals surface area contributed by atoms with E-state index < -0.39 is 0 Å². The molecule has 1 aromatic heterocycles. The monoisotopic (exact) mass is 293 g/mol. The van der Waals surface area contributed by atoms with Crippen LogP contribution in [0.4, 0.5) is 0 Å². The first-order valence-corrected chi connectivity index (χ1v) is 7.43. The van der Waals surface area contributed by atoms with Gasteiger partial charge in [0.1, 0.15) is 12.7 Å². The number of rotatable bonds is 5. The van der Waals surface area contributed by atoms with E-state index in [2.05, 4.69) is 9.97 Å².